The molecular weight excluding hydrogens is 232 g/mol. The van der Waals surface area contributed by atoms with Crippen molar-refractivity contribution in [3.8, 4) is 11.8 Å². The first-order valence-electron chi connectivity index (χ1n) is 6.67. The van der Waals surface area contributed by atoms with Crippen LogP contribution >= 0.6 is 0 Å². The third-order valence-electron chi connectivity index (χ3n) is 3.66. The Labute approximate surface area is 113 Å². The molecule has 0 amide bonds. The van der Waals surface area contributed by atoms with Gasteiger partial charge in [-0.15, -0.1) is 0 Å². The monoisotopic (exact) mass is 248 g/mol. The first-order chi connectivity index (χ1) is 9.34. The molecule has 0 unspecified atom stereocenters. The van der Waals surface area contributed by atoms with Gasteiger partial charge in [-0.25, -0.2) is 0 Å². The van der Waals surface area contributed by atoms with Crippen LogP contribution in [0.2, 0.25) is 0 Å². The molecule has 94 valence electrons. The number of aliphatic hydroxyl groups excluding tert-OH is 1. The van der Waals surface area contributed by atoms with Crippen LogP contribution in [0.5, 0.6) is 0 Å². The predicted octanol–water partition coefficient (Wildman–Crippen LogP) is 3.33. The van der Waals surface area contributed by atoms with E-state index < -0.39 is 6.10 Å². The average molecular weight is 248 g/mol. The lowest BCUT2D eigenvalue weighted by atomic mass is 9.82. The summed E-state index contributed by atoms with van der Waals surface area (Å²) >= 11 is 0. The van der Waals surface area contributed by atoms with Crippen molar-refractivity contribution in [2.24, 2.45) is 5.92 Å². The van der Waals surface area contributed by atoms with Crippen LogP contribution in [0.4, 0.5) is 0 Å². The van der Waals surface area contributed by atoms with Gasteiger partial charge in [-0.3, -0.25) is 0 Å². The van der Waals surface area contributed by atoms with Crippen LogP contribution < -0.4 is 0 Å². The lowest BCUT2D eigenvalue weighted by Gasteiger charge is -2.26. The molecule has 1 N–H and O–H groups in total. The van der Waals surface area contributed by atoms with E-state index in [1.54, 1.807) is 0 Å². The Morgan fingerprint density at radius 1 is 0.947 bits per heavy atom. The van der Waals surface area contributed by atoms with E-state index in [2.05, 4.69) is 17.9 Å². The zero-order valence-electron chi connectivity index (χ0n) is 10.7. The molecule has 19 heavy (non-hydrogen) atoms. The summed E-state index contributed by atoms with van der Waals surface area (Å²) in [5.74, 6) is 6.43. The van der Waals surface area contributed by atoms with Gasteiger partial charge in [-0.1, -0.05) is 54.3 Å². The largest absolute Gasteiger partial charge is 0.387 e. The predicted molar refractivity (Wildman–Crippen MR) is 76.5 cm³/mol. The molecule has 1 nitrogen and oxygen atoms in total. The molecule has 0 bridgehead atoms. The molecule has 0 spiro atoms. The van der Waals surface area contributed by atoms with Gasteiger partial charge in [-0.05, 0) is 36.1 Å². The number of fused-ring (bicyclic) bond motifs is 1. The highest BCUT2D eigenvalue weighted by Gasteiger charge is 2.25. The number of hydrogen-bond acceptors (Lipinski definition) is 1. The van der Waals surface area contributed by atoms with Crippen molar-refractivity contribution in [1.29, 1.82) is 0 Å². The van der Waals surface area contributed by atoms with Crippen molar-refractivity contribution < 1.29 is 5.11 Å². The van der Waals surface area contributed by atoms with E-state index in [1.807, 2.05) is 48.5 Å². The van der Waals surface area contributed by atoms with Gasteiger partial charge in [0.1, 0.15) is 0 Å². The van der Waals surface area contributed by atoms with Crippen LogP contribution in [0.15, 0.2) is 54.6 Å². The third kappa shape index (κ3) is 2.54. The highest BCUT2D eigenvalue weighted by Crippen LogP contribution is 2.33. The first-order valence-corrected chi connectivity index (χ1v) is 6.67. The Morgan fingerprint density at radius 2 is 1.68 bits per heavy atom. The molecule has 3 rings (SSSR count). The zero-order chi connectivity index (χ0) is 13.1. The van der Waals surface area contributed by atoms with Gasteiger partial charge >= 0.3 is 0 Å². The van der Waals surface area contributed by atoms with Crippen molar-refractivity contribution in [2.45, 2.75) is 18.9 Å². The van der Waals surface area contributed by atoms with Crippen molar-refractivity contribution in [3.63, 3.8) is 0 Å². The van der Waals surface area contributed by atoms with Gasteiger partial charge in [0.25, 0.3) is 0 Å². The van der Waals surface area contributed by atoms with Crippen LogP contribution in [-0.4, -0.2) is 5.11 Å². The van der Waals surface area contributed by atoms with Gasteiger partial charge in [-0.2, -0.15) is 0 Å². The fourth-order valence-electron chi connectivity index (χ4n) is 2.58. The SMILES string of the molecule is O[C@@H]1c2ccccc2CC[C@@H]1C#Cc1ccccc1. The second kappa shape index (κ2) is 5.30. The van der Waals surface area contributed by atoms with Crippen LogP contribution in [0.3, 0.4) is 0 Å². The maximum atomic E-state index is 10.4. The molecule has 0 heterocycles. The smallest absolute Gasteiger partial charge is 0.0930 e. The van der Waals surface area contributed by atoms with Crippen LogP contribution in [-0.2, 0) is 6.42 Å². The molecule has 2 atom stereocenters. The summed E-state index contributed by atoms with van der Waals surface area (Å²) in [6.45, 7) is 0. The Kier molecular flexibility index (Phi) is 3.35. The molecular formula is C18H16O. The number of rotatable bonds is 0. The number of benzene rings is 2. The summed E-state index contributed by atoms with van der Waals surface area (Å²) in [6.07, 6.45) is 1.47. The molecule has 0 saturated carbocycles. The van der Waals surface area contributed by atoms with Crippen LogP contribution in [0.1, 0.15) is 29.2 Å². The Morgan fingerprint density at radius 3 is 2.53 bits per heavy atom. The van der Waals surface area contributed by atoms with E-state index in [-0.39, 0.29) is 5.92 Å². The summed E-state index contributed by atoms with van der Waals surface area (Å²) in [5, 5.41) is 10.4. The van der Waals surface area contributed by atoms with Crippen LogP contribution in [0.25, 0.3) is 0 Å². The molecule has 0 saturated heterocycles. The molecule has 1 heteroatoms. The fourth-order valence-corrected chi connectivity index (χ4v) is 2.58. The fraction of sp³-hybridized carbons (Fsp3) is 0.222. The third-order valence-corrected chi connectivity index (χ3v) is 3.66. The lowest BCUT2D eigenvalue weighted by molar-refractivity contribution is 0.122. The molecule has 0 aliphatic heterocycles. The molecule has 2 aromatic rings. The molecule has 1 aliphatic carbocycles. The lowest BCUT2D eigenvalue weighted by Crippen LogP contribution is -2.19. The quantitative estimate of drug-likeness (QED) is 0.709. The number of hydrogen-bond donors (Lipinski definition) is 1. The van der Waals surface area contributed by atoms with E-state index in [0.717, 1.165) is 24.0 Å². The number of aryl methyl sites for hydroxylation is 1. The summed E-state index contributed by atoms with van der Waals surface area (Å²) in [5.41, 5.74) is 3.31. The van der Waals surface area contributed by atoms with Gasteiger partial charge in [0.2, 0.25) is 0 Å². The summed E-state index contributed by atoms with van der Waals surface area (Å²) < 4.78 is 0. The van der Waals surface area contributed by atoms with Crippen molar-refractivity contribution in [1.82, 2.24) is 0 Å². The second-order valence-corrected chi connectivity index (χ2v) is 4.92. The highest BCUT2D eigenvalue weighted by molar-refractivity contribution is 5.37. The highest BCUT2D eigenvalue weighted by atomic mass is 16.3. The summed E-state index contributed by atoms with van der Waals surface area (Å²) in [7, 11) is 0. The van der Waals surface area contributed by atoms with E-state index in [9.17, 15) is 5.11 Å². The van der Waals surface area contributed by atoms with Crippen LogP contribution in [0, 0.1) is 17.8 Å². The summed E-state index contributed by atoms with van der Waals surface area (Å²) in [4.78, 5) is 0. The maximum Gasteiger partial charge on any atom is 0.0930 e. The minimum Gasteiger partial charge on any atom is -0.387 e. The standard InChI is InChI=1S/C18H16O/c19-18-16(11-10-14-6-2-1-3-7-14)13-12-15-8-4-5-9-17(15)18/h1-9,16,18-19H,12-13H2/t16-,18-/m0/s1. The van der Waals surface area contributed by atoms with Crippen molar-refractivity contribution >= 4 is 0 Å². The van der Waals surface area contributed by atoms with E-state index in [1.165, 1.54) is 5.56 Å². The second-order valence-electron chi connectivity index (χ2n) is 4.92. The average Bonchev–Trinajstić information content (AvgIpc) is 2.48. The maximum absolute atomic E-state index is 10.4. The first kappa shape index (κ1) is 12.0. The van der Waals surface area contributed by atoms with Crippen molar-refractivity contribution in [2.75, 3.05) is 0 Å². The molecule has 1 aliphatic rings. The molecule has 0 radical (unpaired) electrons. The van der Waals surface area contributed by atoms with E-state index in [0.29, 0.717) is 0 Å². The summed E-state index contributed by atoms with van der Waals surface area (Å²) in [6, 6.07) is 18.1. The van der Waals surface area contributed by atoms with Gasteiger partial charge in [0, 0.05) is 5.56 Å². The van der Waals surface area contributed by atoms with Gasteiger partial charge in [0.15, 0.2) is 0 Å². The van der Waals surface area contributed by atoms with E-state index in [4.69, 9.17) is 0 Å². The molecule has 0 fully saturated rings. The Balaban J connectivity index is 1.84. The van der Waals surface area contributed by atoms with Gasteiger partial charge in [0.05, 0.1) is 12.0 Å². The minimum atomic E-state index is -0.457. The van der Waals surface area contributed by atoms with Crippen molar-refractivity contribution in [3.05, 3.63) is 71.3 Å². The molecule has 2 aromatic carbocycles. The zero-order valence-corrected chi connectivity index (χ0v) is 10.7. The minimum absolute atomic E-state index is 0.0371. The topological polar surface area (TPSA) is 20.2 Å². The van der Waals surface area contributed by atoms with Gasteiger partial charge < -0.3 is 5.11 Å². The Bertz CT molecular complexity index is 619. The normalized spacial score (nSPS) is 21.1. The number of aliphatic hydroxyl groups is 1. The molecule has 0 aromatic heterocycles. The van der Waals surface area contributed by atoms with E-state index >= 15 is 0 Å². The Hall–Kier alpha value is -2.04.